The average molecular weight is 126 g/mol. The molecule has 0 aromatic carbocycles. The summed E-state index contributed by atoms with van der Waals surface area (Å²) in [5.74, 6) is 1.35. The highest BCUT2D eigenvalue weighted by molar-refractivity contribution is 5.54. The molecule has 2 heteroatoms. The van der Waals surface area contributed by atoms with Gasteiger partial charge >= 0.3 is 0 Å². The minimum atomic E-state index is 0.400. The molecule has 1 aliphatic carbocycles. The third kappa shape index (κ3) is 1.13. The fourth-order valence-electron chi connectivity index (χ4n) is 1.52. The zero-order valence-electron chi connectivity index (χ0n) is 5.80. The Morgan fingerprint density at radius 1 is 1.56 bits per heavy atom. The minimum absolute atomic E-state index is 0.400. The molecular formula is C7H14N2. The summed E-state index contributed by atoms with van der Waals surface area (Å²) in [4.78, 5) is 0. The van der Waals surface area contributed by atoms with Crippen molar-refractivity contribution >= 4 is 6.21 Å². The third-order valence-electron chi connectivity index (χ3n) is 2.26. The molecule has 0 aromatic rings. The highest BCUT2D eigenvalue weighted by atomic mass is 14.8. The van der Waals surface area contributed by atoms with Gasteiger partial charge in [-0.25, -0.2) is 0 Å². The van der Waals surface area contributed by atoms with Gasteiger partial charge in [0.25, 0.3) is 0 Å². The largest absolute Gasteiger partial charge is 0.327 e. The lowest BCUT2D eigenvalue weighted by Gasteiger charge is -1.85. The van der Waals surface area contributed by atoms with Crippen molar-refractivity contribution in [3.05, 3.63) is 0 Å². The predicted molar refractivity (Wildman–Crippen MR) is 38.6 cm³/mol. The molecule has 0 spiro atoms. The highest BCUT2D eigenvalue weighted by Crippen LogP contribution is 2.41. The topological polar surface area (TPSA) is 49.9 Å². The quantitative estimate of drug-likeness (QED) is 0.545. The van der Waals surface area contributed by atoms with E-state index < -0.39 is 0 Å². The number of rotatable bonds is 3. The lowest BCUT2D eigenvalue weighted by Crippen LogP contribution is -2.03. The van der Waals surface area contributed by atoms with E-state index in [0.29, 0.717) is 17.9 Å². The van der Waals surface area contributed by atoms with Crippen LogP contribution in [0.2, 0.25) is 0 Å². The van der Waals surface area contributed by atoms with Crippen LogP contribution in [0.4, 0.5) is 0 Å². The van der Waals surface area contributed by atoms with Gasteiger partial charge in [-0.1, -0.05) is 13.3 Å². The number of nitrogens with two attached hydrogens (primary N) is 1. The average Bonchev–Trinajstić information content (AvgIpc) is 2.44. The second-order valence-electron chi connectivity index (χ2n) is 2.75. The summed E-state index contributed by atoms with van der Waals surface area (Å²) in [6, 6.07) is 0.400. The molecule has 1 saturated carbocycles. The first-order valence-corrected chi connectivity index (χ1v) is 3.55. The molecule has 1 rings (SSSR count). The lowest BCUT2D eigenvalue weighted by atomic mass is 10.2. The monoisotopic (exact) mass is 126 g/mol. The van der Waals surface area contributed by atoms with Gasteiger partial charge in [-0.05, 0) is 24.5 Å². The molecule has 0 amide bonds. The molecule has 3 unspecified atom stereocenters. The Hall–Kier alpha value is -0.370. The van der Waals surface area contributed by atoms with Crippen molar-refractivity contribution in [2.75, 3.05) is 0 Å². The summed E-state index contributed by atoms with van der Waals surface area (Å²) in [5.41, 5.74) is 5.70. The lowest BCUT2D eigenvalue weighted by molar-refractivity contribution is 0.700. The Kier molecular flexibility index (Phi) is 1.86. The molecule has 2 nitrogen and oxygen atoms in total. The van der Waals surface area contributed by atoms with Gasteiger partial charge in [-0.2, -0.15) is 0 Å². The van der Waals surface area contributed by atoms with Crippen LogP contribution in [0, 0.1) is 17.2 Å². The first-order chi connectivity index (χ1) is 4.31. The maximum Gasteiger partial charge on any atom is 0.0106 e. The molecule has 1 fully saturated rings. The van der Waals surface area contributed by atoms with Gasteiger partial charge in [0.2, 0.25) is 0 Å². The summed E-state index contributed by atoms with van der Waals surface area (Å²) in [6.45, 7) is 2.16. The van der Waals surface area contributed by atoms with Crippen LogP contribution in [-0.2, 0) is 0 Å². The van der Waals surface area contributed by atoms with Gasteiger partial charge < -0.3 is 11.1 Å². The van der Waals surface area contributed by atoms with Gasteiger partial charge in [-0.15, -0.1) is 0 Å². The van der Waals surface area contributed by atoms with Crippen molar-refractivity contribution in [3.63, 3.8) is 0 Å². The van der Waals surface area contributed by atoms with Crippen LogP contribution in [0.25, 0.3) is 0 Å². The SMILES string of the molecule is CCC1C(N)C1CC=N. The summed E-state index contributed by atoms with van der Waals surface area (Å²) < 4.78 is 0. The van der Waals surface area contributed by atoms with E-state index in [0.717, 1.165) is 6.42 Å². The zero-order valence-corrected chi connectivity index (χ0v) is 5.80. The van der Waals surface area contributed by atoms with Crippen LogP contribution < -0.4 is 5.73 Å². The molecule has 9 heavy (non-hydrogen) atoms. The van der Waals surface area contributed by atoms with Crippen LogP contribution in [0.1, 0.15) is 19.8 Å². The molecule has 3 N–H and O–H groups in total. The summed E-state index contributed by atoms with van der Waals surface area (Å²) in [6.07, 6.45) is 3.54. The van der Waals surface area contributed by atoms with Gasteiger partial charge in [0.15, 0.2) is 0 Å². The molecule has 0 radical (unpaired) electrons. The third-order valence-corrected chi connectivity index (χ3v) is 2.26. The standard InChI is InChI=1S/C7H14N2/c1-2-5-6(3-4-8)7(5)9/h4-8H,2-3,9H2,1H3. The molecule has 0 heterocycles. The van der Waals surface area contributed by atoms with Crippen molar-refractivity contribution in [2.45, 2.75) is 25.8 Å². The highest BCUT2D eigenvalue weighted by Gasteiger charge is 2.44. The van der Waals surface area contributed by atoms with Crippen LogP contribution in [-0.4, -0.2) is 12.3 Å². The van der Waals surface area contributed by atoms with E-state index in [9.17, 15) is 0 Å². The van der Waals surface area contributed by atoms with Crippen molar-refractivity contribution in [1.82, 2.24) is 0 Å². The zero-order chi connectivity index (χ0) is 6.85. The molecular weight excluding hydrogens is 112 g/mol. The van der Waals surface area contributed by atoms with Crippen molar-refractivity contribution in [2.24, 2.45) is 17.6 Å². The number of nitrogens with one attached hydrogen (secondary N) is 1. The van der Waals surface area contributed by atoms with Gasteiger partial charge in [0.1, 0.15) is 0 Å². The van der Waals surface area contributed by atoms with Gasteiger partial charge in [-0.3, -0.25) is 0 Å². The predicted octanol–water partition coefficient (Wildman–Crippen LogP) is 1.01. The normalized spacial score (nSPS) is 40.4. The van der Waals surface area contributed by atoms with E-state index in [1.807, 2.05) is 0 Å². The van der Waals surface area contributed by atoms with E-state index in [-0.39, 0.29) is 0 Å². The van der Waals surface area contributed by atoms with Crippen LogP contribution in [0.3, 0.4) is 0 Å². The molecule has 1 aliphatic rings. The van der Waals surface area contributed by atoms with Crippen LogP contribution in [0.15, 0.2) is 0 Å². The fraction of sp³-hybridized carbons (Fsp3) is 0.857. The second kappa shape index (κ2) is 2.48. The Morgan fingerprint density at radius 3 is 2.56 bits per heavy atom. The molecule has 0 saturated heterocycles. The molecule has 0 aliphatic heterocycles. The van der Waals surface area contributed by atoms with Gasteiger partial charge in [0, 0.05) is 6.04 Å². The number of hydrogen-bond acceptors (Lipinski definition) is 2. The molecule has 0 bridgehead atoms. The van der Waals surface area contributed by atoms with Crippen molar-refractivity contribution in [1.29, 1.82) is 5.41 Å². The fourth-order valence-corrected chi connectivity index (χ4v) is 1.52. The van der Waals surface area contributed by atoms with E-state index in [1.54, 1.807) is 0 Å². The maximum absolute atomic E-state index is 6.85. The van der Waals surface area contributed by atoms with Crippen molar-refractivity contribution < 1.29 is 0 Å². The summed E-state index contributed by atoms with van der Waals surface area (Å²) >= 11 is 0. The Morgan fingerprint density at radius 2 is 2.22 bits per heavy atom. The minimum Gasteiger partial charge on any atom is -0.327 e. The Balaban J connectivity index is 2.24. The Bertz CT molecular complexity index is 111. The smallest absolute Gasteiger partial charge is 0.0106 e. The van der Waals surface area contributed by atoms with Crippen LogP contribution in [0.5, 0.6) is 0 Å². The van der Waals surface area contributed by atoms with E-state index in [4.69, 9.17) is 11.1 Å². The van der Waals surface area contributed by atoms with Crippen LogP contribution >= 0.6 is 0 Å². The Labute approximate surface area is 55.9 Å². The molecule has 52 valence electrons. The maximum atomic E-state index is 6.85. The number of hydrogen-bond donors (Lipinski definition) is 2. The second-order valence-corrected chi connectivity index (χ2v) is 2.75. The summed E-state index contributed by atoms with van der Waals surface area (Å²) in [7, 11) is 0. The molecule has 3 atom stereocenters. The molecule has 0 aromatic heterocycles. The van der Waals surface area contributed by atoms with Gasteiger partial charge in [0.05, 0.1) is 0 Å². The van der Waals surface area contributed by atoms with Crippen molar-refractivity contribution in [3.8, 4) is 0 Å². The summed E-state index contributed by atoms with van der Waals surface area (Å²) in [5, 5.41) is 6.85. The first-order valence-electron chi connectivity index (χ1n) is 3.55. The van der Waals surface area contributed by atoms with E-state index in [2.05, 4.69) is 6.92 Å². The van der Waals surface area contributed by atoms with E-state index in [1.165, 1.54) is 12.6 Å². The van der Waals surface area contributed by atoms with E-state index >= 15 is 0 Å². The first kappa shape index (κ1) is 6.75.